The summed E-state index contributed by atoms with van der Waals surface area (Å²) in [7, 11) is 0. The van der Waals surface area contributed by atoms with Crippen molar-refractivity contribution in [2.75, 3.05) is 11.4 Å². The number of nitrogens with one attached hydrogen (secondary N) is 1. The van der Waals surface area contributed by atoms with E-state index in [9.17, 15) is 14.7 Å². The van der Waals surface area contributed by atoms with E-state index in [1.165, 1.54) is 0 Å². The summed E-state index contributed by atoms with van der Waals surface area (Å²) < 4.78 is 0. The van der Waals surface area contributed by atoms with E-state index in [1.54, 1.807) is 23.1 Å². The molecule has 138 valence electrons. The number of anilines is 1. The summed E-state index contributed by atoms with van der Waals surface area (Å²) in [6, 6.07) is 12.5. The predicted octanol–water partition coefficient (Wildman–Crippen LogP) is 2.11. The van der Waals surface area contributed by atoms with E-state index < -0.39 is 5.97 Å². The summed E-state index contributed by atoms with van der Waals surface area (Å²) in [4.78, 5) is 29.1. The third-order valence-corrected chi connectivity index (χ3v) is 5.09. The second-order valence-corrected chi connectivity index (χ2v) is 7.08. The number of H-pyrrole nitrogens is 1. The molecule has 1 fully saturated rings. The van der Waals surface area contributed by atoms with Gasteiger partial charge in [0.1, 0.15) is 5.69 Å². The van der Waals surface area contributed by atoms with Crippen molar-refractivity contribution in [3.05, 3.63) is 69.3 Å². The zero-order valence-electron chi connectivity index (χ0n) is 16.0. The van der Waals surface area contributed by atoms with Crippen LogP contribution in [-0.4, -0.2) is 28.5 Å². The first-order chi connectivity index (χ1) is 13.0. The number of halogens is 2. The van der Waals surface area contributed by atoms with Gasteiger partial charge in [0.2, 0.25) is 0 Å². The van der Waals surface area contributed by atoms with Crippen molar-refractivity contribution in [2.45, 2.75) is 6.42 Å². The Labute approximate surface area is 194 Å². The fourth-order valence-corrected chi connectivity index (χ4v) is 3.96. The minimum atomic E-state index is -1.13. The van der Waals surface area contributed by atoms with Crippen LogP contribution in [0.4, 0.5) is 5.69 Å². The molecule has 1 amide bonds. The summed E-state index contributed by atoms with van der Waals surface area (Å²) in [6.45, 7) is 0.541. The van der Waals surface area contributed by atoms with E-state index >= 15 is 0 Å². The number of hydrogen-bond donors (Lipinski definition) is 2. The van der Waals surface area contributed by atoms with Gasteiger partial charge in [-0.2, -0.15) is 0 Å². The Morgan fingerprint density at radius 3 is 2.61 bits per heavy atom. The molecule has 8 heteroatoms. The Hall–Kier alpha value is -1.76. The van der Waals surface area contributed by atoms with Crippen LogP contribution >= 0.6 is 23.2 Å². The van der Waals surface area contributed by atoms with Crippen LogP contribution in [0, 0.1) is 0 Å². The monoisotopic (exact) mass is 424 g/mol. The molecule has 0 atom stereocenters. The van der Waals surface area contributed by atoms with E-state index in [0.29, 0.717) is 45.1 Å². The smallest absolute Gasteiger partial charge is 1.00 e. The molecule has 4 rings (SSSR count). The number of carboxylic acid groups (broad SMARTS) is 1. The number of carbonyl (C=O) groups is 2. The molecule has 2 aromatic carbocycles. The van der Waals surface area contributed by atoms with E-state index in [0.717, 1.165) is 5.69 Å². The fraction of sp³-hybridized carbons (Fsp3) is 0.100. The molecule has 0 saturated carbocycles. The Balaban J connectivity index is 0.00000150. The van der Waals surface area contributed by atoms with Crippen LogP contribution in [-0.2, 0) is 4.79 Å². The largest absolute Gasteiger partial charge is 1.00 e. The molecule has 0 aliphatic carbocycles. The molecule has 1 aliphatic rings. The van der Waals surface area contributed by atoms with Crippen molar-refractivity contribution < 1.29 is 45.7 Å². The van der Waals surface area contributed by atoms with Gasteiger partial charge in [-0.05, 0) is 36.8 Å². The number of aromatic amines is 1. The molecule has 0 unspecified atom stereocenters. The van der Waals surface area contributed by atoms with E-state index in [1.807, 2.05) is 30.3 Å². The summed E-state index contributed by atoms with van der Waals surface area (Å²) in [6.07, 6.45) is 2.14. The van der Waals surface area contributed by atoms with Gasteiger partial charge in [-0.15, -0.1) is 0 Å². The third-order valence-electron chi connectivity index (χ3n) is 4.58. The summed E-state index contributed by atoms with van der Waals surface area (Å²) in [5.74, 6) is -1.27. The SMILES string of the molecule is O=C(O)c1[nH]c2cc(Cl)cc(Cl)c2c1/C=C1\CCN(c2ccccc2)C1=O.[H-].[Na+]. The minimum Gasteiger partial charge on any atom is -1.00 e. The summed E-state index contributed by atoms with van der Waals surface area (Å²) >= 11 is 12.3. The number of aromatic nitrogens is 1. The molecule has 3 aromatic rings. The maximum Gasteiger partial charge on any atom is 1.00 e. The van der Waals surface area contributed by atoms with Crippen molar-refractivity contribution in [3.63, 3.8) is 0 Å². The molecular formula is C20H15Cl2N2NaO3. The Morgan fingerprint density at radius 1 is 1.21 bits per heavy atom. The molecule has 2 heterocycles. The Bertz CT molecular complexity index is 1120. The standard InChI is InChI=1S/C20H14Cl2N2O3.Na.H/c21-12-9-15(22)17-14(18(20(26)27)23-16(17)10-12)8-11-6-7-24(19(11)25)13-4-2-1-3-5-13;;/h1-5,8-10,23H,6-7H2,(H,26,27);;/q;+1;-1/b11-8+;;. The predicted molar refractivity (Wildman–Crippen MR) is 108 cm³/mol. The first-order valence-electron chi connectivity index (χ1n) is 8.27. The number of fused-ring (bicyclic) bond motifs is 1. The number of nitrogens with zero attached hydrogens (tertiary/aromatic N) is 1. The van der Waals surface area contributed by atoms with Gasteiger partial charge in [0.05, 0.1) is 5.02 Å². The van der Waals surface area contributed by atoms with E-state index in [2.05, 4.69) is 4.98 Å². The maximum absolute atomic E-state index is 12.8. The molecule has 2 N–H and O–H groups in total. The van der Waals surface area contributed by atoms with Crippen molar-refractivity contribution in [2.24, 2.45) is 0 Å². The molecule has 28 heavy (non-hydrogen) atoms. The summed E-state index contributed by atoms with van der Waals surface area (Å²) in [5.41, 5.74) is 2.23. The number of aromatic carboxylic acids is 1. The number of rotatable bonds is 3. The van der Waals surface area contributed by atoms with Gasteiger partial charge in [0.15, 0.2) is 0 Å². The average Bonchev–Trinajstić information content (AvgIpc) is 3.17. The van der Waals surface area contributed by atoms with Gasteiger partial charge in [0, 0.05) is 39.3 Å². The average molecular weight is 425 g/mol. The van der Waals surface area contributed by atoms with Gasteiger partial charge in [-0.3, -0.25) is 4.79 Å². The second-order valence-electron chi connectivity index (χ2n) is 6.24. The van der Waals surface area contributed by atoms with Crippen LogP contribution in [0.2, 0.25) is 10.0 Å². The zero-order valence-corrected chi connectivity index (χ0v) is 18.5. The van der Waals surface area contributed by atoms with Crippen molar-refractivity contribution in [1.82, 2.24) is 4.98 Å². The van der Waals surface area contributed by atoms with Crippen molar-refractivity contribution in [1.29, 1.82) is 0 Å². The second kappa shape index (κ2) is 8.31. The maximum atomic E-state index is 12.8. The Kier molecular flexibility index (Phi) is 6.22. The number of hydrogen-bond acceptors (Lipinski definition) is 2. The Morgan fingerprint density at radius 2 is 1.93 bits per heavy atom. The molecule has 5 nitrogen and oxygen atoms in total. The number of para-hydroxylation sites is 1. The molecule has 0 bridgehead atoms. The first kappa shape index (κ1) is 21.0. The number of benzene rings is 2. The van der Waals surface area contributed by atoms with Crippen LogP contribution in [0.3, 0.4) is 0 Å². The minimum absolute atomic E-state index is 0. The van der Waals surface area contributed by atoms with Crippen LogP contribution in [0.15, 0.2) is 48.0 Å². The zero-order chi connectivity index (χ0) is 19.1. The van der Waals surface area contributed by atoms with Gasteiger partial charge in [-0.1, -0.05) is 41.4 Å². The number of amides is 1. The van der Waals surface area contributed by atoms with E-state index in [4.69, 9.17) is 23.2 Å². The van der Waals surface area contributed by atoms with Crippen LogP contribution in [0.5, 0.6) is 0 Å². The number of carbonyl (C=O) groups excluding carboxylic acids is 1. The van der Waals surface area contributed by atoms with E-state index in [-0.39, 0.29) is 42.6 Å². The third kappa shape index (κ3) is 3.73. The fourth-order valence-electron chi connectivity index (χ4n) is 3.36. The molecule has 0 spiro atoms. The number of carboxylic acids is 1. The van der Waals surface area contributed by atoms with Gasteiger partial charge >= 0.3 is 35.5 Å². The van der Waals surface area contributed by atoms with Crippen molar-refractivity contribution >= 4 is 57.7 Å². The van der Waals surface area contributed by atoms with Crippen molar-refractivity contribution in [3.8, 4) is 0 Å². The van der Waals surface area contributed by atoms with Gasteiger partial charge in [-0.25, -0.2) is 4.79 Å². The molecule has 1 saturated heterocycles. The molecular weight excluding hydrogens is 410 g/mol. The first-order valence-corrected chi connectivity index (χ1v) is 9.03. The van der Waals surface area contributed by atoms with Crippen LogP contribution in [0.1, 0.15) is 23.9 Å². The summed E-state index contributed by atoms with van der Waals surface area (Å²) in [5, 5.41) is 10.8. The topological polar surface area (TPSA) is 73.4 Å². The molecule has 0 radical (unpaired) electrons. The van der Waals surface area contributed by atoms with Crippen LogP contribution in [0.25, 0.3) is 17.0 Å². The van der Waals surface area contributed by atoms with Crippen LogP contribution < -0.4 is 34.5 Å². The molecule has 1 aromatic heterocycles. The quantitative estimate of drug-likeness (QED) is 0.499. The molecule has 1 aliphatic heterocycles. The van der Waals surface area contributed by atoms with Gasteiger partial charge in [0.25, 0.3) is 5.91 Å². The van der Waals surface area contributed by atoms with Gasteiger partial charge < -0.3 is 16.4 Å². The normalized spacial score (nSPS) is 15.3.